The highest BCUT2D eigenvalue weighted by Crippen LogP contribution is 2.60. The maximum atomic E-state index is 9.52. The maximum Gasteiger partial charge on any atom is 0.152 e. The molecule has 6 heteroatoms. The topological polar surface area (TPSA) is 69.9 Å². The average molecular weight is 229 g/mol. The van der Waals surface area contributed by atoms with Gasteiger partial charge in [0.1, 0.15) is 12.2 Å². The molecule has 0 aromatic rings. The molecule has 2 fully saturated rings. The molecule has 0 amide bonds. The second kappa shape index (κ2) is 2.95. The van der Waals surface area contributed by atoms with Crippen LogP contribution in [0.4, 0.5) is 0 Å². The van der Waals surface area contributed by atoms with Crippen LogP contribution < -0.4 is 0 Å². The largest absolute Gasteiger partial charge is 0.394 e. The highest BCUT2D eigenvalue weighted by Gasteiger charge is 2.72. The molecule has 4 nitrogen and oxygen atoms in total. The van der Waals surface area contributed by atoms with Crippen molar-refractivity contribution in [1.82, 2.24) is 0 Å². The fraction of sp³-hybridized carbons (Fsp3) is 1.00. The molecule has 13 heavy (non-hydrogen) atoms. The molecule has 0 spiro atoms. The average Bonchev–Trinajstić information content (AvgIpc) is 2.61. The molecule has 2 aliphatic rings. The monoisotopic (exact) mass is 228 g/mol. The number of aliphatic hydroxyl groups excluding tert-OH is 3. The van der Waals surface area contributed by atoms with Crippen LogP contribution in [-0.2, 0) is 4.74 Å². The van der Waals surface area contributed by atoms with E-state index in [9.17, 15) is 10.2 Å². The van der Waals surface area contributed by atoms with Crippen molar-refractivity contribution in [2.75, 3.05) is 6.61 Å². The van der Waals surface area contributed by atoms with Gasteiger partial charge in [-0.3, -0.25) is 0 Å². The first kappa shape index (κ1) is 9.96. The first-order valence-corrected chi connectivity index (χ1v) is 4.76. The smallest absolute Gasteiger partial charge is 0.152 e. The normalized spacial score (nSPS) is 52.8. The molecule has 2 rings (SSSR count). The van der Waals surface area contributed by atoms with Crippen LogP contribution in [0.5, 0.6) is 0 Å². The van der Waals surface area contributed by atoms with E-state index in [4.69, 9.17) is 33.0 Å². The van der Waals surface area contributed by atoms with Crippen LogP contribution in [0, 0.1) is 5.92 Å². The Morgan fingerprint density at radius 2 is 1.85 bits per heavy atom. The van der Waals surface area contributed by atoms with Crippen LogP contribution in [0.2, 0.25) is 0 Å². The zero-order valence-corrected chi connectivity index (χ0v) is 8.11. The molecule has 3 N–H and O–H groups in total. The summed E-state index contributed by atoms with van der Waals surface area (Å²) in [5, 5.41) is 27.7. The Balaban J connectivity index is 2.13. The Bertz CT molecular complexity index is 223. The van der Waals surface area contributed by atoms with E-state index in [0.717, 1.165) is 0 Å². The first-order chi connectivity index (χ1) is 6.00. The summed E-state index contributed by atoms with van der Waals surface area (Å²) in [5.41, 5.74) is 0. The lowest BCUT2D eigenvalue weighted by Crippen LogP contribution is -2.47. The second-order valence-corrected chi connectivity index (χ2v) is 4.90. The lowest BCUT2D eigenvalue weighted by molar-refractivity contribution is -0.152. The van der Waals surface area contributed by atoms with Gasteiger partial charge in [-0.05, 0) is 0 Å². The summed E-state index contributed by atoms with van der Waals surface area (Å²) in [6, 6.07) is 0. The molecule has 5 unspecified atom stereocenters. The van der Waals surface area contributed by atoms with Gasteiger partial charge in [-0.25, -0.2) is 0 Å². The molecule has 1 saturated heterocycles. The lowest BCUT2D eigenvalue weighted by atomic mass is 10.0. The Morgan fingerprint density at radius 3 is 2.38 bits per heavy atom. The summed E-state index contributed by atoms with van der Waals surface area (Å²) in [5.74, 6) is -0.450. The maximum absolute atomic E-state index is 9.52. The van der Waals surface area contributed by atoms with E-state index in [1.165, 1.54) is 0 Å². The quantitative estimate of drug-likeness (QED) is 0.518. The number of hydrogen-bond donors (Lipinski definition) is 3. The van der Waals surface area contributed by atoms with Crippen LogP contribution in [0.3, 0.4) is 0 Å². The van der Waals surface area contributed by atoms with Crippen molar-refractivity contribution in [2.24, 2.45) is 5.92 Å². The number of alkyl halides is 2. The third-order valence-electron chi connectivity index (χ3n) is 2.64. The number of halogens is 2. The van der Waals surface area contributed by atoms with Crippen molar-refractivity contribution >= 4 is 23.2 Å². The second-order valence-electron chi connectivity index (χ2n) is 3.46. The number of hydrogen-bond acceptors (Lipinski definition) is 4. The zero-order valence-electron chi connectivity index (χ0n) is 6.60. The van der Waals surface area contributed by atoms with E-state index in [1.807, 2.05) is 0 Å². The number of ether oxygens (including phenoxy) is 1. The van der Waals surface area contributed by atoms with Crippen molar-refractivity contribution < 1.29 is 20.1 Å². The van der Waals surface area contributed by atoms with Gasteiger partial charge in [0.25, 0.3) is 0 Å². The van der Waals surface area contributed by atoms with E-state index >= 15 is 0 Å². The molecule has 0 radical (unpaired) electrons. The van der Waals surface area contributed by atoms with Crippen LogP contribution in [-0.4, -0.2) is 50.7 Å². The summed E-state index contributed by atoms with van der Waals surface area (Å²) in [6.07, 6.45) is -3.42. The Labute approximate surface area is 85.0 Å². The minimum Gasteiger partial charge on any atom is -0.394 e. The molecule has 0 aromatic heterocycles. The number of rotatable bonds is 1. The molecular formula is C7H10Cl2O4. The molecule has 1 heterocycles. The highest BCUT2D eigenvalue weighted by molar-refractivity contribution is 6.51. The van der Waals surface area contributed by atoms with Crippen molar-refractivity contribution in [3.05, 3.63) is 0 Å². The van der Waals surface area contributed by atoms with Gasteiger partial charge in [0.15, 0.2) is 4.33 Å². The third-order valence-corrected chi connectivity index (χ3v) is 3.58. The first-order valence-electron chi connectivity index (χ1n) is 4.00. The van der Waals surface area contributed by atoms with Gasteiger partial charge in [-0.15, -0.1) is 0 Å². The summed E-state index contributed by atoms with van der Waals surface area (Å²) < 4.78 is 4.06. The molecule has 0 aromatic carbocycles. The molecule has 0 bridgehead atoms. The minimum absolute atomic E-state index is 0.356. The predicted molar refractivity (Wildman–Crippen MR) is 45.7 cm³/mol. The van der Waals surface area contributed by atoms with E-state index < -0.39 is 34.7 Å². The van der Waals surface area contributed by atoms with Gasteiger partial charge in [-0.2, -0.15) is 0 Å². The van der Waals surface area contributed by atoms with Crippen molar-refractivity contribution in [3.8, 4) is 0 Å². The summed E-state index contributed by atoms with van der Waals surface area (Å²) in [7, 11) is 0. The molecule has 1 aliphatic heterocycles. The van der Waals surface area contributed by atoms with Gasteiger partial charge in [0.05, 0.1) is 24.7 Å². The van der Waals surface area contributed by atoms with E-state index in [1.54, 1.807) is 0 Å². The third kappa shape index (κ3) is 1.28. The van der Waals surface area contributed by atoms with Gasteiger partial charge >= 0.3 is 0 Å². The SMILES string of the molecule is OCC1OC2C(C(O)C1O)C2(Cl)Cl. The lowest BCUT2D eigenvalue weighted by Gasteiger charge is -2.29. The standard InChI is InChI=1S/C7H10Cl2O4/c8-7(9)3-5(12)4(11)2(1-10)13-6(3)7/h2-6,10-12H,1H2. The van der Waals surface area contributed by atoms with Gasteiger partial charge in [0.2, 0.25) is 0 Å². The van der Waals surface area contributed by atoms with Crippen LogP contribution >= 0.6 is 23.2 Å². The minimum atomic E-state index is -1.12. The van der Waals surface area contributed by atoms with E-state index in [0.29, 0.717) is 0 Å². The van der Waals surface area contributed by atoms with Crippen LogP contribution in [0.25, 0.3) is 0 Å². The fourth-order valence-electron chi connectivity index (χ4n) is 1.76. The molecule has 5 atom stereocenters. The summed E-state index contributed by atoms with van der Waals surface area (Å²) >= 11 is 11.6. The number of aliphatic hydroxyl groups is 3. The van der Waals surface area contributed by atoms with Crippen LogP contribution in [0.15, 0.2) is 0 Å². The Kier molecular flexibility index (Phi) is 2.26. The molecule has 76 valence electrons. The fourth-order valence-corrected chi connectivity index (χ4v) is 2.49. The molecule has 1 aliphatic carbocycles. The van der Waals surface area contributed by atoms with Crippen molar-refractivity contribution in [3.63, 3.8) is 0 Å². The van der Waals surface area contributed by atoms with Crippen molar-refractivity contribution in [1.29, 1.82) is 0 Å². The molecular weight excluding hydrogens is 219 g/mol. The van der Waals surface area contributed by atoms with E-state index in [2.05, 4.69) is 0 Å². The Morgan fingerprint density at radius 1 is 1.23 bits per heavy atom. The van der Waals surface area contributed by atoms with Crippen LogP contribution in [0.1, 0.15) is 0 Å². The number of fused-ring (bicyclic) bond motifs is 1. The van der Waals surface area contributed by atoms with Gasteiger partial charge < -0.3 is 20.1 Å². The van der Waals surface area contributed by atoms with Crippen molar-refractivity contribution in [2.45, 2.75) is 28.7 Å². The van der Waals surface area contributed by atoms with Gasteiger partial charge in [0, 0.05) is 0 Å². The summed E-state index contributed by atoms with van der Waals surface area (Å²) in [6.45, 7) is -0.356. The zero-order chi connectivity index (χ0) is 9.80. The summed E-state index contributed by atoms with van der Waals surface area (Å²) in [4.78, 5) is 0. The van der Waals surface area contributed by atoms with Gasteiger partial charge in [-0.1, -0.05) is 23.2 Å². The Hall–Kier alpha value is 0.420. The molecule has 1 saturated carbocycles. The van der Waals surface area contributed by atoms with E-state index in [-0.39, 0.29) is 6.61 Å². The highest BCUT2D eigenvalue weighted by atomic mass is 35.5. The predicted octanol–water partition coefficient (Wildman–Crippen LogP) is -0.728.